The predicted octanol–water partition coefficient (Wildman–Crippen LogP) is 4.02. The molecule has 0 aliphatic carbocycles. The molecule has 0 atom stereocenters. The van der Waals surface area contributed by atoms with E-state index in [1.165, 1.54) is 6.07 Å². The van der Waals surface area contributed by atoms with Gasteiger partial charge in [-0.05, 0) is 30.7 Å². The average Bonchev–Trinajstić information content (AvgIpc) is 3.14. The number of hydrogen-bond donors (Lipinski definition) is 1. The highest BCUT2D eigenvalue weighted by atomic mass is 35.5. The molecular weight excluding hydrogens is 391 g/mol. The topological polar surface area (TPSA) is 52.2 Å². The number of H-pyrrole nitrogens is 1. The standard InChI is InChI=1S/C22H24ClFN4O/c23-17-5-3-6-18(24)16(17)15-27-11-13-28(14-12-27)22(29)10-4-9-21-25-19-7-1-2-8-20(19)26-21/h1-3,5-8H,4,9-15H2,(H,25,26). The van der Waals surface area contributed by atoms with Crippen molar-refractivity contribution in [2.45, 2.75) is 25.8 Å². The minimum absolute atomic E-state index is 0.171. The Morgan fingerprint density at radius 1 is 1.10 bits per heavy atom. The predicted molar refractivity (Wildman–Crippen MR) is 112 cm³/mol. The molecule has 2 heterocycles. The van der Waals surface area contributed by atoms with Gasteiger partial charge in [0.05, 0.1) is 11.0 Å². The highest BCUT2D eigenvalue weighted by Gasteiger charge is 2.22. The van der Waals surface area contributed by atoms with Crippen LogP contribution in [-0.2, 0) is 17.8 Å². The molecule has 5 nitrogen and oxygen atoms in total. The molecule has 1 aromatic heterocycles. The summed E-state index contributed by atoms with van der Waals surface area (Å²) in [6.07, 6.45) is 2.03. The Balaban J connectivity index is 1.22. The van der Waals surface area contributed by atoms with Gasteiger partial charge in [-0.15, -0.1) is 0 Å². The number of para-hydroxylation sites is 2. The number of aryl methyl sites for hydroxylation is 1. The van der Waals surface area contributed by atoms with Crippen molar-refractivity contribution in [3.63, 3.8) is 0 Å². The third-order valence-corrected chi connectivity index (χ3v) is 5.77. The van der Waals surface area contributed by atoms with Gasteiger partial charge in [0.15, 0.2) is 0 Å². The lowest BCUT2D eigenvalue weighted by Gasteiger charge is -2.35. The van der Waals surface area contributed by atoms with Crippen molar-refractivity contribution >= 4 is 28.5 Å². The second-order valence-electron chi connectivity index (χ2n) is 7.41. The smallest absolute Gasteiger partial charge is 0.222 e. The van der Waals surface area contributed by atoms with Crippen LogP contribution in [0.4, 0.5) is 4.39 Å². The fourth-order valence-electron chi connectivity index (χ4n) is 3.75. The lowest BCUT2D eigenvalue weighted by Crippen LogP contribution is -2.48. The number of nitrogens with one attached hydrogen (secondary N) is 1. The molecular formula is C22H24ClFN4O. The summed E-state index contributed by atoms with van der Waals surface area (Å²) in [5.74, 6) is 0.817. The number of halogens is 2. The van der Waals surface area contributed by atoms with E-state index in [-0.39, 0.29) is 11.7 Å². The van der Waals surface area contributed by atoms with Gasteiger partial charge in [-0.1, -0.05) is 29.8 Å². The van der Waals surface area contributed by atoms with Crippen molar-refractivity contribution < 1.29 is 9.18 Å². The summed E-state index contributed by atoms with van der Waals surface area (Å²) in [5, 5.41) is 0.453. The van der Waals surface area contributed by atoms with Crippen LogP contribution in [0.25, 0.3) is 11.0 Å². The van der Waals surface area contributed by atoms with Gasteiger partial charge in [0.25, 0.3) is 0 Å². The van der Waals surface area contributed by atoms with E-state index in [2.05, 4.69) is 14.9 Å². The second-order valence-corrected chi connectivity index (χ2v) is 7.82. The molecule has 1 aliphatic rings. The minimum Gasteiger partial charge on any atom is -0.342 e. The number of imidazole rings is 1. The Morgan fingerprint density at radius 3 is 2.66 bits per heavy atom. The summed E-state index contributed by atoms with van der Waals surface area (Å²) in [4.78, 5) is 24.4. The summed E-state index contributed by atoms with van der Waals surface area (Å²) in [7, 11) is 0. The van der Waals surface area contributed by atoms with Crippen LogP contribution in [0.5, 0.6) is 0 Å². The fourth-order valence-corrected chi connectivity index (χ4v) is 3.97. The van der Waals surface area contributed by atoms with Gasteiger partial charge < -0.3 is 9.88 Å². The molecule has 29 heavy (non-hydrogen) atoms. The van der Waals surface area contributed by atoms with Crippen LogP contribution in [-0.4, -0.2) is 51.9 Å². The highest BCUT2D eigenvalue weighted by Crippen LogP contribution is 2.21. The first-order valence-electron chi connectivity index (χ1n) is 9.97. The Hall–Kier alpha value is -2.44. The van der Waals surface area contributed by atoms with E-state index in [1.807, 2.05) is 29.2 Å². The summed E-state index contributed by atoms with van der Waals surface area (Å²) in [6.45, 7) is 3.24. The van der Waals surface area contributed by atoms with Crippen molar-refractivity contribution in [2.24, 2.45) is 0 Å². The van der Waals surface area contributed by atoms with Crippen molar-refractivity contribution in [2.75, 3.05) is 26.2 Å². The summed E-state index contributed by atoms with van der Waals surface area (Å²) in [6, 6.07) is 12.7. The van der Waals surface area contributed by atoms with Crippen LogP contribution in [0.15, 0.2) is 42.5 Å². The van der Waals surface area contributed by atoms with Gasteiger partial charge in [-0.3, -0.25) is 9.69 Å². The lowest BCUT2D eigenvalue weighted by atomic mass is 10.1. The van der Waals surface area contributed by atoms with E-state index in [0.29, 0.717) is 36.6 Å². The molecule has 152 valence electrons. The van der Waals surface area contributed by atoms with Gasteiger partial charge >= 0.3 is 0 Å². The normalized spacial score (nSPS) is 15.2. The molecule has 2 aromatic carbocycles. The molecule has 1 amide bonds. The fraction of sp³-hybridized carbons (Fsp3) is 0.364. The molecule has 1 saturated heterocycles. The summed E-state index contributed by atoms with van der Waals surface area (Å²) < 4.78 is 14.0. The number of benzene rings is 2. The largest absolute Gasteiger partial charge is 0.342 e. The number of rotatable bonds is 6. The number of carbonyl (C=O) groups is 1. The number of carbonyl (C=O) groups excluding carboxylic acids is 1. The first-order chi connectivity index (χ1) is 14.1. The van der Waals surface area contributed by atoms with Crippen molar-refractivity contribution in [3.8, 4) is 0 Å². The molecule has 1 aliphatic heterocycles. The number of aromatic nitrogens is 2. The monoisotopic (exact) mass is 414 g/mol. The van der Waals surface area contributed by atoms with Gasteiger partial charge in [-0.25, -0.2) is 9.37 Å². The Bertz CT molecular complexity index is 944. The molecule has 0 radical (unpaired) electrons. The molecule has 0 spiro atoms. The molecule has 7 heteroatoms. The molecule has 0 saturated carbocycles. The second kappa shape index (κ2) is 8.93. The van der Waals surface area contributed by atoms with Crippen LogP contribution in [0.3, 0.4) is 0 Å². The highest BCUT2D eigenvalue weighted by molar-refractivity contribution is 6.31. The maximum Gasteiger partial charge on any atom is 0.222 e. The van der Waals surface area contributed by atoms with Crippen LogP contribution >= 0.6 is 11.6 Å². The molecule has 1 fully saturated rings. The maximum atomic E-state index is 14.0. The lowest BCUT2D eigenvalue weighted by molar-refractivity contribution is -0.133. The SMILES string of the molecule is O=C(CCCc1nc2ccccc2[nH]1)N1CCN(Cc2c(F)cccc2Cl)CC1. The van der Waals surface area contributed by atoms with Gasteiger partial charge in [-0.2, -0.15) is 0 Å². The van der Waals surface area contributed by atoms with E-state index in [0.717, 1.165) is 42.8 Å². The number of hydrogen-bond acceptors (Lipinski definition) is 3. The zero-order chi connectivity index (χ0) is 20.2. The number of piperazine rings is 1. The zero-order valence-electron chi connectivity index (χ0n) is 16.2. The molecule has 3 aromatic rings. The summed E-state index contributed by atoms with van der Waals surface area (Å²) in [5.41, 5.74) is 2.51. The zero-order valence-corrected chi connectivity index (χ0v) is 17.0. The average molecular weight is 415 g/mol. The first-order valence-corrected chi connectivity index (χ1v) is 10.3. The molecule has 4 rings (SSSR count). The maximum absolute atomic E-state index is 14.0. The van der Waals surface area contributed by atoms with Crippen molar-refractivity contribution in [3.05, 3.63) is 64.7 Å². The third kappa shape index (κ3) is 4.77. The molecule has 1 N–H and O–H groups in total. The van der Waals surface area contributed by atoms with Gasteiger partial charge in [0.2, 0.25) is 5.91 Å². The van der Waals surface area contributed by atoms with Gasteiger partial charge in [0.1, 0.15) is 11.6 Å². The third-order valence-electron chi connectivity index (χ3n) is 5.41. The number of aromatic amines is 1. The van der Waals surface area contributed by atoms with Crippen molar-refractivity contribution in [1.82, 2.24) is 19.8 Å². The van der Waals surface area contributed by atoms with Crippen LogP contribution < -0.4 is 0 Å². The molecule has 0 unspecified atom stereocenters. The van der Waals surface area contributed by atoms with Crippen LogP contribution in [0.2, 0.25) is 5.02 Å². The van der Waals surface area contributed by atoms with Gasteiger partial charge in [0, 0.05) is 56.2 Å². The number of amides is 1. The van der Waals surface area contributed by atoms with E-state index in [1.54, 1.807) is 12.1 Å². The Kier molecular flexibility index (Phi) is 6.11. The van der Waals surface area contributed by atoms with Crippen LogP contribution in [0, 0.1) is 5.82 Å². The van der Waals surface area contributed by atoms with E-state index in [4.69, 9.17) is 11.6 Å². The number of nitrogens with zero attached hydrogens (tertiary/aromatic N) is 3. The van der Waals surface area contributed by atoms with Crippen molar-refractivity contribution in [1.29, 1.82) is 0 Å². The quantitative estimate of drug-likeness (QED) is 0.662. The Morgan fingerprint density at radius 2 is 1.90 bits per heavy atom. The van der Waals surface area contributed by atoms with E-state index < -0.39 is 0 Å². The number of fused-ring (bicyclic) bond motifs is 1. The minimum atomic E-state index is -0.276. The Labute approximate surface area is 174 Å². The summed E-state index contributed by atoms with van der Waals surface area (Å²) >= 11 is 6.12. The molecule has 0 bridgehead atoms. The van der Waals surface area contributed by atoms with E-state index in [9.17, 15) is 9.18 Å². The first kappa shape index (κ1) is 19.9. The van der Waals surface area contributed by atoms with Crippen LogP contribution in [0.1, 0.15) is 24.2 Å². The van der Waals surface area contributed by atoms with E-state index >= 15 is 0 Å².